The second-order valence-corrected chi connectivity index (χ2v) is 8.41. The maximum absolute atomic E-state index is 12.5. The molecule has 4 aromatic rings. The van der Waals surface area contributed by atoms with Crippen molar-refractivity contribution in [1.82, 2.24) is 5.43 Å². The van der Waals surface area contributed by atoms with Crippen LogP contribution in [0.4, 0.5) is 0 Å². The molecule has 1 N–H and O–H groups in total. The van der Waals surface area contributed by atoms with E-state index in [9.17, 15) is 9.59 Å². The average molecular weight is 525 g/mol. The Morgan fingerprint density at radius 1 is 0.769 bits per heavy atom. The van der Waals surface area contributed by atoms with E-state index in [1.807, 2.05) is 54.6 Å². The van der Waals surface area contributed by atoms with Gasteiger partial charge in [0.15, 0.2) is 17.6 Å². The molecule has 0 spiro atoms. The number of nitrogens with one attached hydrogen (secondary N) is 1. The molecule has 0 fully saturated rings. The number of hydrogen-bond acceptors (Lipinski definition) is 7. The van der Waals surface area contributed by atoms with Crippen molar-refractivity contribution in [3.05, 3.63) is 108 Å². The highest BCUT2D eigenvalue weighted by Crippen LogP contribution is 2.28. The van der Waals surface area contributed by atoms with Crippen LogP contribution in [0.15, 0.2) is 102 Å². The lowest BCUT2D eigenvalue weighted by molar-refractivity contribution is -0.127. The topological polar surface area (TPSA) is 95.5 Å². The number of ether oxygens (including phenoxy) is 4. The molecule has 0 aliphatic carbocycles. The largest absolute Gasteiger partial charge is 0.493 e. The molecule has 0 radical (unpaired) electrons. The molecule has 0 heterocycles. The molecule has 1 unspecified atom stereocenters. The third-order valence-electron chi connectivity index (χ3n) is 5.74. The number of benzene rings is 4. The lowest BCUT2D eigenvalue weighted by Crippen LogP contribution is -2.33. The minimum Gasteiger partial charge on any atom is -0.493 e. The molecule has 8 heteroatoms. The molecule has 0 aliphatic heterocycles. The predicted octanol–water partition coefficient (Wildman–Crippen LogP) is 5.51. The Morgan fingerprint density at radius 3 is 2.08 bits per heavy atom. The van der Waals surface area contributed by atoms with Crippen LogP contribution in [-0.4, -0.2) is 38.4 Å². The molecule has 1 amide bonds. The Labute approximate surface area is 226 Å². The van der Waals surface area contributed by atoms with Gasteiger partial charge < -0.3 is 18.9 Å². The standard InChI is InChI=1S/C31H28N2O6/c1-21(38-26-16-11-24(12-17-26)23-7-5-4-6-8-23)30(34)33-32-20-22-9-14-27(15-10-22)39-31(35)25-13-18-28(36-2)29(19-25)37-3/h4-21H,1-3H3,(H,33,34)/b32-20+. The summed E-state index contributed by atoms with van der Waals surface area (Å²) in [7, 11) is 3.01. The van der Waals surface area contributed by atoms with E-state index in [4.69, 9.17) is 18.9 Å². The van der Waals surface area contributed by atoms with E-state index in [0.29, 0.717) is 34.1 Å². The fraction of sp³-hybridized carbons (Fsp3) is 0.129. The SMILES string of the molecule is COc1ccc(C(=O)Oc2ccc(/C=N/NC(=O)C(C)Oc3ccc(-c4ccccc4)cc3)cc2)cc1OC. The minimum atomic E-state index is -0.747. The highest BCUT2D eigenvalue weighted by molar-refractivity contribution is 5.92. The molecule has 0 saturated heterocycles. The fourth-order valence-corrected chi connectivity index (χ4v) is 3.63. The zero-order valence-electron chi connectivity index (χ0n) is 21.8. The van der Waals surface area contributed by atoms with E-state index in [-0.39, 0.29) is 5.91 Å². The van der Waals surface area contributed by atoms with Gasteiger partial charge in [-0.3, -0.25) is 4.79 Å². The Morgan fingerprint density at radius 2 is 1.41 bits per heavy atom. The van der Waals surface area contributed by atoms with Crippen LogP contribution in [-0.2, 0) is 4.79 Å². The van der Waals surface area contributed by atoms with Crippen LogP contribution in [0.25, 0.3) is 11.1 Å². The summed E-state index contributed by atoms with van der Waals surface area (Å²) in [5.74, 6) is 0.965. The van der Waals surface area contributed by atoms with Crippen molar-refractivity contribution in [3.8, 4) is 34.1 Å². The first-order valence-electron chi connectivity index (χ1n) is 12.2. The number of amides is 1. The van der Waals surface area contributed by atoms with Crippen molar-refractivity contribution in [2.24, 2.45) is 5.10 Å². The summed E-state index contributed by atoms with van der Waals surface area (Å²) in [6.07, 6.45) is 0.738. The van der Waals surface area contributed by atoms with E-state index in [0.717, 1.165) is 11.1 Å². The van der Waals surface area contributed by atoms with Crippen molar-refractivity contribution in [3.63, 3.8) is 0 Å². The summed E-state index contributed by atoms with van der Waals surface area (Å²) < 4.78 is 21.6. The van der Waals surface area contributed by atoms with Crippen LogP contribution in [0, 0.1) is 0 Å². The molecule has 39 heavy (non-hydrogen) atoms. The third-order valence-corrected chi connectivity index (χ3v) is 5.74. The van der Waals surface area contributed by atoms with E-state index in [2.05, 4.69) is 10.5 Å². The molecule has 0 aliphatic rings. The molecule has 4 rings (SSSR count). The van der Waals surface area contributed by atoms with Crippen LogP contribution in [0.5, 0.6) is 23.0 Å². The van der Waals surface area contributed by atoms with E-state index in [1.54, 1.807) is 49.4 Å². The number of nitrogens with zero attached hydrogens (tertiary/aromatic N) is 1. The van der Waals surface area contributed by atoms with Gasteiger partial charge >= 0.3 is 5.97 Å². The summed E-state index contributed by atoms with van der Waals surface area (Å²) >= 11 is 0. The van der Waals surface area contributed by atoms with Gasteiger partial charge in [0.2, 0.25) is 0 Å². The monoisotopic (exact) mass is 524 g/mol. The number of methoxy groups -OCH3 is 2. The van der Waals surface area contributed by atoms with Crippen LogP contribution in [0.2, 0.25) is 0 Å². The van der Waals surface area contributed by atoms with Gasteiger partial charge in [-0.25, -0.2) is 10.2 Å². The molecule has 1 atom stereocenters. The first-order valence-corrected chi connectivity index (χ1v) is 12.2. The summed E-state index contributed by atoms with van der Waals surface area (Å²) in [5.41, 5.74) is 5.67. The van der Waals surface area contributed by atoms with Gasteiger partial charge in [-0.05, 0) is 78.2 Å². The van der Waals surface area contributed by atoms with Gasteiger partial charge in [-0.15, -0.1) is 0 Å². The zero-order valence-corrected chi connectivity index (χ0v) is 21.8. The van der Waals surface area contributed by atoms with E-state index < -0.39 is 12.1 Å². The lowest BCUT2D eigenvalue weighted by Gasteiger charge is -2.13. The van der Waals surface area contributed by atoms with Gasteiger partial charge in [0.1, 0.15) is 11.5 Å². The maximum Gasteiger partial charge on any atom is 0.343 e. The number of carbonyl (C=O) groups excluding carboxylic acids is 2. The fourth-order valence-electron chi connectivity index (χ4n) is 3.63. The van der Waals surface area contributed by atoms with Crippen molar-refractivity contribution in [2.75, 3.05) is 14.2 Å². The first kappa shape index (κ1) is 26.9. The first-order chi connectivity index (χ1) is 19.0. The van der Waals surface area contributed by atoms with Crippen molar-refractivity contribution in [2.45, 2.75) is 13.0 Å². The minimum absolute atomic E-state index is 0.324. The summed E-state index contributed by atoms with van der Waals surface area (Å²) in [5, 5.41) is 3.99. The number of rotatable bonds is 10. The van der Waals surface area contributed by atoms with Crippen LogP contribution in [0.1, 0.15) is 22.8 Å². The molecular weight excluding hydrogens is 496 g/mol. The predicted molar refractivity (Wildman–Crippen MR) is 149 cm³/mol. The Hall–Kier alpha value is -5.11. The highest BCUT2D eigenvalue weighted by Gasteiger charge is 2.15. The zero-order chi connectivity index (χ0) is 27.6. The van der Waals surface area contributed by atoms with Gasteiger partial charge in [-0.1, -0.05) is 42.5 Å². The smallest absolute Gasteiger partial charge is 0.343 e. The number of esters is 1. The normalized spacial score (nSPS) is 11.5. The summed E-state index contributed by atoms with van der Waals surface area (Å²) in [6, 6.07) is 29.0. The third kappa shape index (κ3) is 7.23. The van der Waals surface area contributed by atoms with Crippen LogP contribution in [0.3, 0.4) is 0 Å². The quantitative estimate of drug-likeness (QED) is 0.127. The van der Waals surface area contributed by atoms with E-state index >= 15 is 0 Å². The summed E-state index contributed by atoms with van der Waals surface area (Å²) in [4.78, 5) is 24.9. The van der Waals surface area contributed by atoms with Gasteiger partial charge in [0.25, 0.3) is 5.91 Å². The van der Waals surface area contributed by atoms with Crippen molar-refractivity contribution >= 4 is 18.1 Å². The van der Waals surface area contributed by atoms with Gasteiger partial charge in [0.05, 0.1) is 26.0 Å². The Balaban J connectivity index is 1.27. The molecule has 0 saturated carbocycles. The number of hydrazone groups is 1. The lowest BCUT2D eigenvalue weighted by atomic mass is 10.1. The van der Waals surface area contributed by atoms with E-state index in [1.165, 1.54) is 20.4 Å². The number of hydrogen-bond donors (Lipinski definition) is 1. The molecule has 198 valence electrons. The molecule has 8 nitrogen and oxygen atoms in total. The highest BCUT2D eigenvalue weighted by atomic mass is 16.5. The van der Waals surface area contributed by atoms with Crippen molar-refractivity contribution < 1.29 is 28.5 Å². The van der Waals surface area contributed by atoms with Gasteiger partial charge in [-0.2, -0.15) is 5.10 Å². The molecule has 0 aromatic heterocycles. The molecule has 4 aromatic carbocycles. The molecule has 0 bridgehead atoms. The number of carbonyl (C=O) groups is 2. The Kier molecular flexibility index (Phi) is 8.92. The second kappa shape index (κ2) is 12.9. The second-order valence-electron chi connectivity index (χ2n) is 8.41. The molecular formula is C31H28N2O6. The van der Waals surface area contributed by atoms with Crippen LogP contribution >= 0.6 is 0 Å². The van der Waals surface area contributed by atoms with Gasteiger partial charge in [0, 0.05) is 0 Å². The van der Waals surface area contributed by atoms with Crippen LogP contribution < -0.4 is 24.4 Å². The maximum atomic E-state index is 12.5. The summed E-state index contributed by atoms with van der Waals surface area (Å²) in [6.45, 7) is 1.65. The van der Waals surface area contributed by atoms with Crippen molar-refractivity contribution in [1.29, 1.82) is 0 Å². The average Bonchev–Trinajstić information content (AvgIpc) is 2.98. The Bertz CT molecular complexity index is 1430.